The summed E-state index contributed by atoms with van der Waals surface area (Å²) in [7, 11) is 0. The molecule has 6 heteroatoms. The summed E-state index contributed by atoms with van der Waals surface area (Å²) >= 11 is 5.65. The molecule has 1 aromatic heterocycles. The molecule has 98 valence electrons. The zero-order chi connectivity index (χ0) is 13.9. The summed E-state index contributed by atoms with van der Waals surface area (Å²) in [6.07, 6.45) is 1.46. The summed E-state index contributed by atoms with van der Waals surface area (Å²) in [6, 6.07) is 10.7. The molecule has 1 amide bonds. The lowest BCUT2D eigenvalue weighted by atomic mass is 9.92. The van der Waals surface area contributed by atoms with Gasteiger partial charge in [0.25, 0.3) is 0 Å². The van der Waals surface area contributed by atoms with Crippen molar-refractivity contribution in [3.63, 3.8) is 0 Å². The Morgan fingerprint density at radius 2 is 2.00 bits per heavy atom. The van der Waals surface area contributed by atoms with Crippen LogP contribution < -0.4 is 11.1 Å². The highest BCUT2D eigenvalue weighted by molar-refractivity contribution is 6.28. The molecule has 1 heterocycles. The van der Waals surface area contributed by atoms with Crippen molar-refractivity contribution in [2.24, 2.45) is 5.73 Å². The number of carbonyl (C=O) groups excluding carboxylic acids is 1. The Balaban J connectivity index is 2.20. The van der Waals surface area contributed by atoms with Gasteiger partial charge >= 0.3 is 0 Å². The van der Waals surface area contributed by atoms with Crippen LogP contribution in [0.4, 0.5) is 5.82 Å². The van der Waals surface area contributed by atoms with Gasteiger partial charge in [-0.25, -0.2) is 9.97 Å². The molecule has 1 atom stereocenters. The molecular formula is C13H13ClN4O. The first kappa shape index (κ1) is 13.5. The molecule has 2 aromatic rings. The maximum absolute atomic E-state index is 12.2. The SMILES string of the molecule is CC(N)(C(=O)Nc1ccnc(Cl)n1)c1ccccc1. The van der Waals surface area contributed by atoms with E-state index >= 15 is 0 Å². The fraction of sp³-hybridized carbons (Fsp3) is 0.154. The summed E-state index contributed by atoms with van der Waals surface area (Å²) in [5.41, 5.74) is 5.64. The first-order valence-corrected chi connectivity index (χ1v) is 6.02. The Morgan fingerprint density at radius 1 is 1.32 bits per heavy atom. The minimum absolute atomic E-state index is 0.0660. The van der Waals surface area contributed by atoms with Crippen molar-refractivity contribution in [2.75, 3.05) is 5.32 Å². The monoisotopic (exact) mass is 276 g/mol. The summed E-state index contributed by atoms with van der Waals surface area (Å²) in [5, 5.41) is 2.69. The molecule has 0 radical (unpaired) electrons. The van der Waals surface area contributed by atoms with Crippen molar-refractivity contribution < 1.29 is 4.79 Å². The van der Waals surface area contributed by atoms with E-state index in [1.54, 1.807) is 25.1 Å². The number of hydrogen-bond donors (Lipinski definition) is 2. The van der Waals surface area contributed by atoms with Gasteiger partial charge in [-0.2, -0.15) is 0 Å². The summed E-state index contributed by atoms with van der Waals surface area (Å²) < 4.78 is 0. The molecule has 0 saturated carbocycles. The number of carbonyl (C=O) groups is 1. The van der Waals surface area contributed by atoms with Crippen LogP contribution in [-0.4, -0.2) is 15.9 Å². The second kappa shape index (κ2) is 5.34. The van der Waals surface area contributed by atoms with Gasteiger partial charge in [-0.15, -0.1) is 0 Å². The third-order valence-electron chi connectivity index (χ3n) is 2.71. The second-order valence-electron chi connectivity index (χ2n) is 4.23. The van der Waals surface area contributed by atoms with E-state index in [4.69, 9.17) is 17.3 Å². The van der Waals surface area contributed by atoms with Crippen molar-refractivity contribution in [1.82, 2.24) is 9.97 Å². The molecule has 1 aromatic carbocycles. The largest absolute Gasteiger partial charge is 0.314 e. The Labute approximate surface area is 115 Å². The van der Waals surface area contributed by atoms with E-state index in [-0.39, 0.29) is 11.2 Å². The smallest absolute Gasteiger partial charge is 0.249 e. The molecule has 5 nitrogen and oxygen atoms in total. The molecule has 0 aliphatic carbocycles. The first-order valence-electron chi connectivity index (χ1n) is 5.64. The highest BCUT2D eigenvalue weighted by Crippen LogP contribution is 2.19. The number of nitrogens with one attached hydrogen (secondary N) is 1. The van der Waals surface area contributed by atoms with Crippen LogP contribution in [0, 0.1) is 0 Å². The number of nitrogens with zero attached hydrogens (tertiary/aromatic N) is 2. The fourth-order valence-electron chi connectivity index (χ4n) is 1.57. The van der Waals surface area contributed by atoms with Crippen LogP contribution in [-0.2, 0) is 10.3 Å². The van der Waals surface area contributed by atoms with Crippen molar-refractivity contribution in [1.29, 1.82) is 0 Å². The summed E-state index contributed by atoms with van der Waals surface area (Å²) in [5.74, 6) is -0.0499. The van der Waals surface area contributed by atoms with Gasteiger partial charge in [0.15, 0.2) is 0 Å². The van der Waals surface area contributed by atoms with Crippen LogP contribution in [0.5, 0.6) is 0 Å². The van der Waals surface area contributed by atoms with Gasteiger partial charge in [0.1, 0.15) is 11.4 Å². The van der Waals surface area contributed by atoms with E-state index in [2.05, 4.69) is 15.3 Å². The third kappa shape index (κ3) is 3.07. The number of anilines is 1. The quantitative estimate of drug-likeness (QED) is 0.840. The molecule has 3 N–H and O–H groups in total. The molecule has 0 aliphatic heterocycles. The Morgan fingerprint density at radius 3 is 2.63 bits per heavy atom. The van der Waals surface area contributed by atoms with Gasteiger partial charge in [-0.1, -0.05) is 30.3 Å². The van der Waals surface area contributed by atoms with E-state index in [1.807, 2.05) is 18.2 Å². The Kier molecular flexibility index (Phi) is 3.78. The van der Waals surface area contributed by atoms with Gasteiger partial charge in [0.05, 0.1) is 0 Å². The highest BCUT2D eigenvalue weighted by atomic mass is 35.5. The van der Waals surface area contributed by atoms with Crippen LogP contribution in [0.1, 0.15) is 12.5 Å². The molecule has 1 unspecified atom stereocenters. The number of benzene rings is 1. The van der Waals surface area contributed by atoms with Crippen molar-refractivity contribution in [2.45, 2.75) is 12.5 Å². The van der Waals surface area contributed by atoms with E-state index in [0.717, 1.165) is 0 Å². The zero-order valence-corrected chi connectivity index (χ0v) is 11.1. The maximum atomic E-state index is 12.2. The Hall–Kier alpha value is -1.98. The molecular weight excluding hydrogens is 264 g/mol. The zero-order valence-electron chi connectivity index (χ0n) is 10.3. The standard InChI is InChI=1S/C13H13ClN4O/c1-13(15,9-5-3-2-4-6-9)11(19)17-10-7-8-16-12(14)18-10/h2-8H,15H2,1H3,(H,16,17,18,19). The van der Waals surface area contributed by atoms with Gasteiger partial charge in [0, 0.05) is 6.20 Å². The summed E-state index contributed by atoms with van der Waals surface area (Å²) in [4.78, 5) is 19.8. The highest BCUT2D eigenvalue weighted by Gasteiger charge is 2.30. The minimum atomic E-state index is -1.15. The van der Waals surface area contributed by atoms with Crippen LogP contribution in [0.3, 0.4) is 0 Å². The van der Waals surface area contributed by atoms with Crippen LogP contribution in [0.25, 0.3) is 0 Å². The number of hydrogen-bond acceptors (Lipinski definition) is 4. The normalized spacial score (nSPS) is 13.6. The molecule has 0 fully saturated rings. The third-order valence-corrected chi connectivity index (χ3v) is 2.90. The predicted molar refractivity (Wildman–Crippen MR) is 73.7 cm³/mol. The topological polar surface area (TPSA) is 80.9 Å². The number of aromatic nitrogens is 2. The lowest BCUT2D eigenvalue weighted by Crippen LogP contribution is -2.45. The van der Waals surface area contributed by atoms with E-state index in [0.29, 0.717) is 11.4 Å². The minimum Gasteiger partial charge on any atom is -0.314 e. The lowest BCUT2D eigenvalue weighted by molar-refractivity contribution is -0.120. The van der Waals surface area contributed by atoms with Crippen molar-refractivity contribution >= 4 is 23.3 Å². The lowest BCUT2D eigenvalue weighted by Gasteiger charge is -2.23. The molecule has 0 bridgehead atoms. The number of rotatable bonds is 3. The average molecular weight is 277 g/mol. The molecule has 0 aliphatic rings. The van der Waals surface area contributed by atoms with Gasteiger partial charge in [-0.05, 0) is 30.2 Å². The van der Waals surface area contributed by atoms with Crippen LogP contribution in [0.15, 0.2) is 42.6 Å². The van der Waals surface area contributed by atoms with Crippen LogP contribution in [0.2, 0.25) is 5.28 Å². The summed E-state index contributed by atoms with van der Waals surface area (Å²) in [6.45, 7) is 1.64. The van der Waals surface area contributed by atoms with E-state index in [1.165, 1.54) is 6.20 Å². The molecule has 0 spiro atoms. The molecule has 0 saturated heterocycles. The maximum Gasteiger partial charge on any atom is 0.249 e. The number of nitrogens with two attached hydrogens (primary N) is 1. The first-order chi connectivity index (χ1) is 9.00. The van der Waals surface area contributed by atoms with Crippen molar-refractivity contribution in [3.8, 4) is 0 Å². The average Bonchev–Trinajstić information content (AvgIpc) is 2.39. The fourth-order valence-corrected chi connectivity index (χ4v) is 1.71. The predicted octanol–water partition coefficient (Wildman–Crippen LogP) is 1.94. The van der Waals surface area contributed by atoms with Gasteiger partial charge < -0.3 is 11.1 Å². The second-order valence-corrected chi connectivity index (χ2v) is 4.57. The number of halogens is 1. The Bertz CT molecular complexity index is 586. The van der Waals surface area contributed by atoms with Gasteiger partial charge in [0.2, 0.25) is 11.2 Å². The number of amides is 1. The van der Waals surface area contributed by atoms with Gasteiger partial charge in [-0.3, -0.25) is 4.79 Å². The molecule has 2 rings (SSSR count). The van der Waals surface area contributed by atoms with Crippen molar-refractivity contribution in [3.05, 3.63) is 53.4 Å². The molecule has 19 heavy (non-hydrogen) atoms. The van der Waals surface area contributed by atoms with E-state index in [9.17, 15) is 4.79 Å². The van der Waals surface area contributed by atoms with E-state index < -0.39 is 5.54 Å². The van der Waals surface area contributed by atoms with Crippen LogP contribution >= 0.6 is 11.6 Å².